The number of likely N-dealkylation sites (N-methyl/N-ethyl adjacent to an activating group) is 1. The molecule has 0 aliphatic carbocycles. The maximum atomic E-state index is 12.0. The van der Waals surface area contributed by atoms with Crippen LogP contribution in [0.3, 0.4) is 0 Å². The number of carboxylic acid groups (broad SMARTS) is 1. The first-order valence-corrected chi connectivity index (χ1v) is 12.6. The minimum Gasteiger partial charge on any atom is -0.478 e. The van der Waals surface area contributed by atoms with Gasteiger partial charge in [-0.25, -0.2) is 14.8 Å². The van der Waals surface area contributed by atoms with Crippen molar-refractivity contribution in [1.82, 2.24) is 24.8 Å². The van der Waals surface area contributed by atoms with Crippen LogP contribution in [-0.4, -0.2) is 82.3 Å². The summed E-state index contributed by atoms with van der Waals surface area (Å²) in [5.74, 6) is 1.05. The van der Waals surface area contributed by atoms with Crippen LogP contribution in [-0.2, 0) is 6.54 Å². The minimum absolute atomic E-state index is 0.112. The van der Waals surface area contributed by atoms with E-state index in [0.29, 0.717) is 23.2 Å². The van der Waals surface area contributed by atoms with Crippen molar-refractivity contribution in [2.24, 2.45) is 0 Å². The molecule has 10 nitrogen and oxygen atoms in total. The van der Waals surface area contributed by atoms with Gasteiger partial charge in [-0.15, -0.1) is 0 Å². The second-order valence-corrected chi connectivity index (χ2v) is 9.47. The number of hydrogen-bond acceptors (Lipinski definition) is 8. The van der Waals surface area contributed by atoms with E-state index < -0.39 is 6.09 Å². The van der Waals surface area contributed by atoms with Crippen LogP contribution in [0.4, 0.5) is 22.2 Å². The van der Waals surface area contributed by atoms with Gasteiger partial charge in [0, 0.05) is 50.0 Å². The molecule has 1 saturated heterocycles. The highest BCUT2D eigenvalue weighted by molar-refractivity contribution is 6.30. The molecule has 0 saturated carbocycles. The number of halogens is 1. The second kappa shape index (κ2) is 12.7. The summed E-state index contributed by atoms with van der Waals surface area (Å²) in [6.45, 7) is 8.07. The highest BCUT2D eigenvalue weighted by Gasteiger charge is 2.18. The molecule has 1 aromatic carbocycles. The molecule has 0 spiro atoms. The average molecular weight is 526 g/mol. The van der Waals surface area contributed by atoms with Gasteiger partial charge in [-0.05, 0) is 55.8 Å². The van der Waals surface area contributed by atoms with Crippen molar-refractivity contribution in [2.45, 2.75) is 19.9 Å². The van der Waals surface area contributed by atoms with Gasteiger partial charge in [0.2, 0.25) is 11.8 Å². The Kier molecular flexibility index (Phi) is 9.10. The van der Waals surface area contributed by atoms with Gasteiger partial charge in [0.1, 0.15) is 5.82 Å². The van der Waals surface area contributed by atoms with Crippen molar-refractivity contribution in [1.29, 1.82) is 0 Å². The maximum Gasteiger partial charge on any atom is 0.413 e. The van der Waals surface area contributed by atoms with Crippen LogP contribution in [0.5, 0.6) is 5.88 Å². The predicted molar refractivity (Wildman–Crippen MR) is 144 cm³/mol. The van der Waals surface area contributed by atoms with Gasteiger partial charge in [0.25, 0.3) is 0 Å². The Morgan fingerprint density at radius 2 is 1.97 bits per heavy atom. The normalized spacial score (nSPS) is 14.4. The van der Waals surface area contributed by atoms with Gasteiger partial charge in [0.15, 0.2) is 0 Å². The SMILES string of the molecule is Cc1ccc(Cl)cc1CN(C(=O)O)c1ccnc(Nc2ccc(OCCCN3CCN(C)CC3)nc2)n1. The topological polar surface area (TPSA) is 107 Å². The Balaban J connectivity index is 1.32. The van der Waals surface area contributed by atoms with Gasteiger partial charge in [0.05, 0.1) is 25.0 Å². The number of nitrogens with zero attached hydrogens (tertiary/aromatic N) is 6. The summed E-state index contributed by atoms with van der Waals surface area (Å²) in [6, 6.07) is 10.6. The molecule has 3 aromatic rings. The van der Waals surface area contributed by atoms with Crippen LogP contribution in [0.2, 0.25) is 5.02 Å². The summed E-state index contributed by atoms with van der Waals surface area (Å²) in [6.07, 6.45) is 2.97. The van der Waals surface area contributed by atoms with Crippen molar-refractivity contribution in [3.63, 3.8) is 0 Å². The molecule has 0 bridgehead atoms. The van der Waals surface area contributed by atoms with Crippen LogP contribution in [0.1, 0.15) is 17.5 Å². The molecule has 4 rings (SSSR count). The number of rotatable bonds is 10. The molecule has 2 N–H and O–H groups in total. The molecule has 3 heterocycles. The molecule has 1 fully saturated rings. The molecular weight excluding hydrogens is 494 g/mol. The maximum absolute atomic E-state index is 12.0. The van der Waals surface area contributed by atoms with E-state index in [-0.39, 0.29) is 18.3 Å². The smallest absolute Gasteiger partial charge is 0.413 e. The summed E-state index contributed by atoms with van der Waals surface area (Å²) < 4.78 is 5.79. The van der Waals surface area contributed by atoms with E-state index in [1.807, 2.05) is 19.1 Å². The van der Waals surface area contributed by atoms with Crippen molar-refractivity contribution >= 4 is 35.1 Å². The molecule has 2 aromatic heterocycles. The van der Waals surface area contributed by atoms with Crippen LogP contribution >= 0.6 is 11.6 Å². The van der Waals surface area contributed by atoms with E-state index in [4.69, 9.17) is 16.3 Å². The second-order valence-electron chi connectivity index (χ2n) is 9.04. The van der Waals surface area contributed by atoms with Crippen LogP contribution < -0.4 is 15.0 Å². The van der Waals surface area contributed by atoms with E-state index in [1.165, 1.54) is 6.20 Å². The lowest BCUT2D eigenvalue weighted by Gasteiger charge is -2.32. The van der Waals surface area contributed by atoms with Crippen LogP contribution in [0, 0.1) is 6.92 Å². The van der Waals surface area contributed by atoms with Gasteiger partial charge in [-0.3, -0.25) is 4.90 Å². The molecule has 1 aliphatic rings. The fourth-order valence-electron chi connectivity index (χ4n) is 3.99. The number of anilines is 3. The van der Waals surface area contributed by atoms with Crippen molar-refractivity contribution in [3.8, 4) is 5.88 Å². The number of aromatic nitrogens is 3. The van der Waals surface area contributed by atoms with E-state index in [0.717, 1.165) is 55.2 Å². The highest BCUT2D eigenvalue weighted by atomic mass is 35.5. The number of benzene rings is 1. The lowest BCUT2D eigenvalue weighted by atomic mass is 10.1. The van der Waals surface area contributed by atoms with E-state index in [9.17, 15) is 9.90 Å². The molecule has 0 radical (unpaired) electrons. The first-order valence-electron chi connectivity index (χ1n) is 12.2. The number of ether oxygens (including phenoxy) is 1. The molecule has 37 heavy (non-hydrogen) atoms. The third-order valence-electron chi connectivity index (χ3n) is 6.24. The zero-order valence-corrected chi connectivity index (χ0v) is 21.9. The third kappa shape index (κ3) is 7.75. The first kappa shape index (κ1) is 26.6. The number of hydrogen-bond donors (Lipinski definition) is 2. The number of piperazine rings is 1. The van der Waals surface area contributed by atoms with Crippen molar-refractivity contribution in [2.75, 3.05) is 56.6 Å². The Morgan fingerprint density at radius 1 is 1.16 bits per heavy atom. The predicted octanol–water partition coefficient (Wildman–Crippen LogP) is 4.28. The standard InChI is InChI=1S/C26H32ClN7O3/c1-19-4-5-21(27)16-20(19)18-34(26(35)36)23-8-9-28-25(31-23)30-22-6-7-24(29-17-22)37-15-3-10-33-13-11-32(2)12-14-33/h4-9,16-17H,3,10-15,18H2,1-2H3,(H,35,36)(H,28,30,31). The van der Waals surface area contributed by atoms with Crippen LogP contribution in [0.25, 0.3) is 0 Å². The highest BCUT2D eigenvalue weighted by Crippen LogP contribution is 2.22. The monoisotopic (exact) mass is 525 g/mol. The Morgan fingerprint density at radius 3 is 2.70 bits per heavy atom. The minimum atomic E-state index is -1.13. The summed E-state index contributed by atoms with van der Waals surface area (Å²) >= 11 is 6.10. The summed E-state index contributed by atoms with van der Waals surface area (Å²) in [7, 11) is 2.15. The molecular formula is C26H32ClN7O3. The fraction of sp³-hybridized carbons (Fsp3) is 0.385. The molecule has 0 unspecified atom stereocenters. The number of pyridine rings is 1. The Labute approximate surface area is 221 Å². The molecule has 11 heteroatoms. The Bertz CT molecular complexity index is 1190. The molecule has 1 amide bonds. The van der Waals surface area contributed by atoms with Gasteiger partial charge >= 0.3 is 6.09 Å². The number of amides is 1. The van der Waals surface area contributed by atoms with E-state index >= 15 is 0 Å². The number of carbonyl (C=O) groups is 1. The molecule has 1 aliphatic heterocycles. The lowest BCUT2D eigenvalue weighted by molar-refractivity contribution is 0.145. The van der Waals surface area contributed by atoms with Gasteiger partial charge in [-0.2, -0.15) is 4.98 Å². The first-order chi connectivity index (χ1) is 17.9. The summed E-state index contributed by atoms with van der Waals surface area (Å²) in [4.78, 5) is 30.9. The summed E-state index contributed by atoms with van der Waals surface area (Å²) in [5, 5.41) is 13.4. The fourth-order valence-corrected chi connectivity index (χ4v) is 4.19. The number of aryl methyl sites for hydroxylation is 1. The van der Waals surface area contributed by atoms with Gasteiger partial charge < -0.3 is 25.0 Å². The zero-order chi connectivity index (χ0) is 26.2. The molecule has 196 valence electrons. The third-order valence-corrected chi connectivity index (χ3v) is 6.48. The lowest BCUT2D eigenvalue weighted by Crippen LogP contribution is -2.44. The average Bonchev–Trinajstić information content (AvgIpc) is 2.89. The largest absolute Gasteiger partial charge is 0.478 e. The van der Waals surface area contributed by atoms with E-state index in [1.54, 1.807) is 30.5 Å². The quantitative estimate of drug-likeness (QED) is 0.375. The summed E-state index contributed by atoms with van der Waals surface area (Å²) in [5.41, 5.74) is 2.40. The Hall–Kier alpha value is -3.47. The van der Waals surface area contributed by atoms with Crippen LogP contribution in [0.15, 0.2) is 48.8 Å². The van der Waals surface area contributed by atoms with Crippen molar-refractivity contribution < 1.29 is 14.6 Å². The van der Waals surface area contributed by atoms with Crippen molar-refractivity contribution in [3.05, 3.63) is 64.9 Å². The van der Waals surface area contributed by atoms with E-state index in [2.05, 4.69) is 37.1 Å². The zero-order valence-electron chi connectivity index (χ0n) is 21.1. The number of nitrogens with one attached hydrogen (secondary N) is 1. The molecule has 0 atom stereocenters. The van der Waals surface area contributed by atoms with Gasteiger partial charge in [-0.1, -0.05) is 17.7 Å².